The van der Waals surface area contributed by atoms with Gasteiger partial charge in [-0.25, -0.2) is 4.98 Å². The van der Waals surface area contributed by atoms with Crippen LogP contribution in [0.2, 0.25) is 0 Å². The molecule has 1 amide bonds. The number of hydrogen-bond acceptors (Lipinski definition) is 5. The summed E-state index contributed by atoms with van der Waals surface area (Å²) in [7, 11) is 0. The largest absolute Gasteiger partial charge is 0.355 e. The van der Waals surface area contributed by atoms with Crippen molar-refractivity contribution in [3.8, 4) is 6.07 Å². The molecule has 0 aliphatic carbocycles. The van der Waals surface area contributed by atoms with Crippen molar-refractivity contribution < 1.29 is 4.79 Å². The van der Waals surface area contributed by atoms with Crippen LogP contribution in [0.5, 0.6) is 0 Å². The maximum absolute atomic E-state index is 13.2. The molecule has 0 radical (unpaired) electrons. The molecule has 0 unspecified atom stereocenters. The fraction of sp³-hybridized carbons (Fsp3) is 0.429. The zero-order valence-corrected chi connectivity index (χ0v) is 15.3. The molecular weight excluding hydrogens is 338 g/mol. The third-order valence-corrected chi connectivity index (χ3v) is 5.89. The third kappa shape index (κ3) is 3.37. The predicted molar refractivity (Wildman–Crippen MR) is 102 cm³/mol. The van der Waals surface area contributed by atoms with E-state index in [1.54, 1.807) is 36.7 Å². The molecule has 0 saturated carbocycles. The zero-order chi connectivity index (χ0) is 18.7. The summed E-state index contributed by atoms with van der Waals surface area (Å²) in [5.41, 5.74) is 1.18. The summed E-state index contributed by atoms with van der Waals surface area (Å²) in [6, 6.07) is 9.10. The molecule has 2 aromatic rings. The molecule has 3 heterocycles. The van der Waals surface area contributed by atoms with E-state index < -0.39 is 0 Å². The highest BCUT2D eigenvalue weighted by atomic mass is 16.2. The molecular formula is C21H23N5O. The first-order valence-electron chi connectivity index (χ1n) is 9.55. The Hall–Kier alpha value is -2.94. The highest BCUT2D eigenvalue weighted by molar-refractivity contribution is 5.95. The first-order chi connectivity index (χ1) is 13.2. The summed E-state index contributed by atoms with van der Waals surface area (Å²) in [6.45, 7) is 2.64. The van der Waals surface area contributed by atoms with E-state index in [-0.39, 0.29) is 11.4 Å². The average molecular weight is 361 g/mol. The van der Waals surface area contributed by atoms with Crippen molar-refractivity contribution in [2.24, 2.45) is 0 Å². The number of hydrogen-bond donors (Lipinski definition) is 0. The van der Waals surface area contributed by atoms with Crippen molar-refractivity contribution >= 4 is 11.7 Å². The summed E-state index contributed by atoms with van der Waals surface area (Å²) in [5.74, 6) is 1.00. The topological polar surface area (TPSA) is 73.1 Å². The van der Waals surface area contributed by atoms with Gasteiger partial charge in [-0.15, -0.1) is 0 Å². The third-order valence-electron chi connectivity index (χ3n) is 5.89. The van der Waals surface area contributed by atoms with Crippen molar-refractivity contribution in [2.45, 2.75) is 37.6 Å². The molecule has 1 spiro atoms. The van der Waals surface area contributed by atoms with Gasteiger partial charge >= 0.3 is 0 Å². The van der Waals surface area contributed by atoms with Crippen LogP contribution in [0.15, 0.2) is 42.9 Å². The second-order valence-corrected chi connectivity index (χ2v) is 7.38. The minimum absolute atomic E-state index is 0.0675. The lowest BCUT2D eigenvalue weighted by molar-refractivity contribution is 0.0566. The number of carbonyl (C=O) groups is 1. The summed E-state index contributed by atoms with van der Waals surface area (Å²) < 4.78 is 0. The Bertz CT molecular complexity index is 845. The smallest absolute Gasteiger partial charge is 0.254 e. The first-order valence-corrected chi connectivity index (χ1v) is 9.55. The van der Waals surface area contributed by atoms with Gasteiger partial charge in [0, 0.05) is 43.1 Å². The summed E-state index contributed by atoms with van der Waals surface area (Å²) in [5, 5.41) is 8.97. The number of rotatable bonds is 2. The van der Waals surface area contributed by atoms with Gasteiger partial charge in [0.25, 0.3) is 5.91 Å². The second-order valence-electron chi connectivity index (χ2n) is 7.38. The van der Waals surface area contributed by atoms with Gasteiger partial charge in [-0.2, -0.15) is 5.26 Å². The van der Waals surface area contributed by atoms with Gasteiger partial charge in [-0.05, 0) is 56.4 Å². The lowest BCUT2D eigenvalue weighted by atomic mass is 9.87. The van der Waals surface area contributed by atoms with Gasteiger partial charge in [0.1, 0.15) is 5.82 Å². The molecule has 0 N–H and O–H groups in total. The van der Waals surface area contributed by atoms with E-state index in [1.165, 1.54) is 0 Å². The number of nitrogens with zero attached hydrogens (tertiary/aromatic N) is 5. The minimum atomic E-state index is -0.0675. The number of nitriles is 1. The minimum Gasteiger partial charge on any atom is -0.355 e. The Balaban J connectivity index is 1.53. The average Bonchev–Trinajstić information content (AvgIpc) is 3.01. The van der Waals surface area contributed by atoms with Crippen molar-refractivity contribution in [2.75, 3.05) is 24.5 Å². The highest BCUT2D eigenvalue weighted by Gasteiger charge is 2.44. The fourth-order valence-corrected chi connectivity index (χ4v) is 4.48. The van der Waals surface area contributed by atoms with Gasteiger partial charge in [0.05, 0.1) is 17.8 Å². The quantitative estimate of drug-likeness (QED) is 0.822. The Morgan fingerprint density at radius 2 is 1.81 bits per heavy atom. The normalized spacial score (nSPS) is 22.5. The van der Waals surface area contributed by atoms with Gasteiger partial charge in [-0.1, -0.05) is 0 Å². The molecule has 0 bridgehead atoms. The molecule has 6 heteroatoms. The van der Waals surface area contributed by atoms with E-state index >= 15 is 0 Å². The first kappa shape index (κ1) is 17.5. The van der Waals surface area contributed by atoms with Gasteiger partial charge < -0.3 is 9.80 Å². The molecule has 1 aromatic carbocycles. The molecule has 1 aromatic heterocycles. The fourth-order valence-electron chi connectivity index (χ4n) is 4.48. The van der Waals surface area contributed by atoms with Crippen LogP contribution in [-0.2, 0) is 0 Å². The van der Waals surface area contributed by atoms with Crippen molar-refractivity contribution in [1.29, 1.82) is 5.26 Å². The Labute approximate surface area is 159 Å². The molecule has 4 rings (SSSR count). The summed E-state index contributed by atoms with van der Waals surface area (Å²) >= 11 is 0. The highest BCUT2D eigenvalue weighted by Crippen LogP contribution is 2.39. The van der Waals surface area contributed by atoms with Crippen molar-refractivity contribution in [3.63, 3.8) is 0 Å². The number of likely N-dealkylation sites (tertiary alicyclic amines) is 1. The van der Waals surface area contributed by atoms with E-state index in [9.17, 15) is 4.79 Å². The van der Waals surface area contributed by atoms with E-state index in [1.807, 2.05) is 6.20 Å². The molecule has 2 saturated heterocycles. The molecule has 6 nitrogen and oxygen atoms in total. The molecule has 1 atom stereocenters. The Morgan fingerprint density at radius 1 is 1.04 bits per heavy atom. The molecule has 2 aliphatic rings. The predicted octanol–water partition coefficient (Wildman–Crippen LogP) is 3.01. The Kier molecular flexibility index (Phi) is 4.76. The number of aromatic nitrogens is 2. The van der Waals surface area contributed by atoms with E-state index in [2.05, 4.69) is 25.8 Å². The number of amides is 1. The summed E-state index contributed by atoms with van der Waals surface area (Å²) in [4.78, 5) is 26.2. The second kappa shape index (κ2) is 7.36. The van der Waals surface area contributed by atoms with Crippen LogP contribution in [0.4, 0.5) is 5.82 Å². The number of carbonyl (C=O) groups excluding carboxylic acids is 1. The number of anilines is 1. The van der Waals surface area contributed by atoms with Crippen LogP contribution in [0.25, 0.3) is 0 Å². The molecule has 2 aliphatic heterocycles. The maximum Gasteiger partial charge on any atom is 0.254 e. The molecule has 27 heavy (non-hydrogen) atoms. The van der Waals surface area contributed by atoms with Gasteiger partial charge in [-0.3, -0.25) is 9.78 Å². The van der Waals surface area contributed by atoms with E-state index in [4.69, 9.17) is 5.26 Å². The SMILES string of the molecule is N#Cc1ccc(C(=O)N2CCC[C@@]23CCCN(c2cnccn2)CC3)cc1. The zero-order valence-electron chi connectivity index (χ0n) is 15.3. The van der Waals surface area contributed by atoms with Crippen LogP contribution in [-0.4, -0.2) is 45.9 Å². The van der Waals surface area contributed by atoms with Gasteiger partial charge in [0.15, 0.2) is 0 Å². The van der Waals surface area contributed by atoms with Crippen LogP contribution >= 0.6 is 0 Å². The number of benzene rings is 1. The van der Waals surface area contributed by atoms with E-state index in [0.29, 0.717) is 11.1 Å². The van der Waals surface area contributed by atoms with Crippen molar-refractivity contribution in [3.05, 3.63) is 54.0 Å². The maximum atomic E-state index is 13.2. The summed E-state index contributed by atoms with van der Waals surface area (Å²) in [6.07, 6.45) is 10.3. The van der Waals surface area contributed by atoms with Crippen LogP contribution in [0, 0.1) is 11.3 Å². The monoisotopic (exact) mass is 361 g/mol. The molecule has 2 fully saturated rings. The van der Waals surface area contributed by atoms with Gasteiger partial charge in [0.2, 0.25) is 0 Å². The molecule has 138 valence electrons. The van der Waals surface area contributed by atoms with Crippen LogP contribution < -0.4 is 4.90 Å². The lowest BCUT2D eigenvalue weighted by Gasteiger charge is -2.38. The van der Waals surface area contributed by atoms with Crippen LogP contribution in [0.1, 0.15) is 48.0 Å². The van der Waals surface area contributed by atoms with Crippen LogP contribution in [0.3, 0.4) is 0 Å². The van der Waals surface area contributed by atoms with E-state index in [0.717, 1.165) is 57.6 Å². The lowest BCUT2D eigenvalue weighted by Crippen LogP contribution is -2.48. The Morgan fingerprint density at radius 3 is 2.52 bits per heavy atom. The van der Waals surface area contributed by atoms with Crippen molar-refractivity contribution in [1.82, 2.24) is 14.9 Å². The standard InChI is InChI=1S/C21H23N5O/c22-15-17-3-5-18(6-4-17)20(27)26-13-2-8-21(26)7-1-12-25(14-9-21)19-16-23-10-11-24-19/h3-6,10-11,16H,1-2,7-9,12-14H2/t21-/m1/s1.